The number of imidazole rings is 1. The van der Waals surface area contributed by atoms with E-state index in [1.807, 2.05) is 29.0 Å². The summed E-state index contributed by atoms with van der Waals surface area (Å²) >= 11 is 0. The van der Waals surface area contributed by atoms with Gasteiger partial charge in [0.05, 0.1) is 25.3 Å². The number of hydrogen-bond donors (Lipinski definition) is 2. The molecule has 2 aliphatic rings. The van der Waals surface area contributed by atoms with Gasteiger partial charge in [-0.1, -0.05) is 0 Å². The number of ether oxygens (including phenoxy) is 3. The lowest BCUT2D eigenvalue weighted by Gasteiger charge is -2.14. The van der Waals surface area contributed by atoms with E-state index >= 15 is 0 Å². The summed E-state index contributed by atoms with van der Waals surface area (Å²) in [6.07, 6.45) is 1.08. The molecular weight excluding hydrogens is 378 g/mol. The summed E-state index contributed by atoms with van der Waals surface area (Å²) in [6, 6.07) is 5.02. The van der Waals surface area contributed by atoms with Gasteiger partial charge < -0.3 is 29.8 Å². The SMILES string of the molecule is COC[C@H]1CN(c2cn3c(n2)-c2ccc(NC(C)C(N)=O)cc2OCC3)C(=O)O1. The van der Waals surface area contributed by atoms with Gasteiger partial charge in [0.1, 0.15) is 30.3 Å². The van der Waals surface area contributed by atoms with Crippen LogP contribution in [0.3, 0.4) is 0 Å². The number of methoxy groups -OCH3 is 1. The van der Waals surface area contributed by atoms with Crippen LogP contribution in [0.5, 0.6) is 5.75 Å². The summed E-state index contributed by atoms with van der Waals surface area (Å²) in [4.78, 5) is 29.7. The highest BCUT2D eigenvalue weighted by molar-refractivity contribution is 5.89. The van der Waals surface area contributed by atoms with Crippen molar-refractivity contribution in [3.63, 3.8) is 0 Å². The molecule has 10 nitrogen and oxygen atoms in total. The first-order valence-electron chi connectivity index (χ1n) is 9.33. The maximum absolute atomic E-state index is 12.2. The number of hydrogen-bond acceptors (Lipinski definition) is 7. The van der Waals surface area contributed by atoms with Crippen molar-refractivity contribution in [2.24, 2.45) is 5.73 Å². The van der Waals surface area contributed by atoms with Crippen LogP contribution in [0.2, 0.25) is 0 Å². The topological polar surface area (TPSA) is 121 Å². The van der Waals surface area contributed by atoms with Crippen molar-refractivity contribution in [3.8, 4) is 17.1 Å². The number of nitrogens with one attached hydrogen (secondary N) is 1. The van der Waals surface area contributed by atoms with Gasteiger partial charge in [-0.15, -0.1) is 0 Å². The number of anilines is 2. The zero-order valence-corrected chi connectivity index (χ0v) is 16.3. The van der Waals surface area contributed by atoms with E-state index in [4.69, 9.17) is 19.9 Å². The maximum Gasteiger partial charge on any atom is 0.416 e. The number of fused-ring (bicyclic) bond motifs is 3. The molecule has 1 fully saturated rings. The van der Waals surface area contributed by atoms with E-state index in [9.17, 15) is 9.59 Å². The Morgan fingerprint density at radius 1 is 1.48 bits per heavy atom. The number of carbonyl (C=O) groups excluding carboxylic acids is 2. The number of nitrogens with two attached hydrogens (primary N) is 1. The first kappa shape index (κ1) is 19.1. The molecule has 0 saturated carbocycles. The second kappa shape index (κ2) is 7.63. The van der Waals surface area contributed by atoms with Gasteiger partial charge in [0.25, 0.3) is 0 Å². The van der Waals surface area contributed by atoms with E-state index in [1.165, 1.54) is 4.90 Å². The fraction of sp³-hybridized carbons (Fsp3) is 0.421. The van der Waals surface area contributed by atoms with Crippen molar-refractivity contribution >= 4 is 23.5 Å². The van der Waals surface area contributed by atoms with E-state index in [2.05, 4.69) is 10.3 Å². The van der Waals surface area contributed by atoms with Crippen LogP contribution in [-0.4, -0.2) is 60.6 Å². The number of nitrogens with zero attached hydrogens (tertiary/aromatic N) is 3. The number of amides is 2. The number of carbonyl (C=O) groups is 2. The highest BCUT2D eigenvalue weighted by Gasteiger charge is 2.34. The number of cyclic esters (lactones) is 1. The van der Waals surface area contributed by atoms with Crippen LogP contribution in [0.4, 0.5) is 16.3 Å². The number of rotatable bonds is 6. The standard InChI is InChI=1S/C19H23N5O5/c1-11(17(20)25)21-12-3-4-14-15(7-12)28-6-5-23-9-16(22-18(14)23)24-8-13(10-27-2)29-19(24)26/h3-4,7,9,11,13,21H,5-6,8,10H2,1-2H3,(H2,20,25)/t11?,13-/m1/s1. The lowest BCUT2D eigenvalue weighted by atomic mass is 10.1. The molecule has 2 atom stereocenters. The predicted molar refractivity (Wildman–Crippen MR) is 105 cm³/mol. The Kier molecular flexibility index (Phi) is 5.01. The Morgan fingerprint density at radius 3 is 3.07 bits per heavy atom. The largest absolute Gasteiger partial charge is 0.491 e. The van der Waals surface area contributed by atoms with E-state index in [1.54, 1.807) is 14.0 Å². The Morgan fingerprint density at radius 2 is 2.31 bits per heavy atom. The molecule has 3 N–H and O–H groups in total. The molecule has 2 aliphatic heterocycles. The molecule has 1 aromatic carbocycles. The van der Waals surface area contributed by atoms with Gasteiger partial charge in [0.15, 0.2) is 5.82 Å². The highest BCUT2D eigenvalue weighted by atomic mass is 16.6. The monoisotopic (exact) mass is 401 g/mol. The van der Waals surface area contributed by atoms with Gasteiger partial charge in [-0.25, -0.2) is 9.78 Å². The van der Waals surface area contributed by atoms with E-state index in [0.29, 0.717) is 43.7 Å². The molecule has 0 radical (unpaired) electrons. The first-order chi connectivity index (χ1) is 14.0. The van der Waals surface area contributed by atoms with Gasteiger partial charge in [0, 0.05) is 25.1 Å². The number of benzene rings is 1. The van der Waals surface area contributed by atoms with Crippen LogP contribution in [0.25, 0.3) is 11.4 Å². The molecule has 1 saturated heterocycles. The molecule has 2 amide bonds. The molecule has 4 rings (SSSR count). The zero-order chi connectivity index (χ0) is 20.5. The van der Waals surface area contributed by atoms with Crippen molar-refractivity contribution in [1.29, 1.82) is 0 Å². The average molecular weight is 401 g/mol. The molecular formula is C19H23N5O5. The Bertz CT molecular complexity index is 943. The minimum Gasteiger partial charge on any atom is -0.491 e. The molecule has 0 bridgehead atoms. The maximum atomic E-state index is 12.2. The molecule has 0 aliphatic carbocycles. The summed E-state index contributed by atoms with van der Waals surface area (Å²) in [6.45, 7) is 3.45. The summed E-state index contributed by atoms with van der Waals surface area (Å²) in [5.74, 6) is 1.43. The second-order valence-electron chi connectivity index (χ2n) is 7.02. The summed E-state index contributed by atoms with van der Waals surface area (Å²) < 4.78 is 18.2. The molecule has 10 heteroatoms. The predicted octanol–water partition coefficient (Wildman–Crippen LogP) is 1.20. The normalized spacial score (nSPS) is 18.9. The first-order valence-corrected chi connectivity index (χ1v) is 9.33. The highest BCUT2D eigenvalue weighted by Crippen LogP contribution is 2.36. The lowest BCUT2D eigenvalue weighted by Crippen LogP contribution is -2.32. The molecule has 0 spiro atoms. The fourth-order valence-electron chi connectivity index (χ4n) is 3.39. The van der Waals surface area contributed by atoms with E-state index in [0.717, 1.165) is 11.3 Å². The van der Waals surface area contributed by atoms with Gasteiger partial charge in [-0.05, 0) is 19.1 Å². The van der Waals surface area contributed by atoms with Crippen molar-refractivity contribution in [1.82, 2.24) is 9.55 Å². The molecule has 29 heavy (non-hydrogen) atoms. The van der Waals surface area contributed by atoms with Crippen molar-refractivity contribution in [2.45, 2.75) is 25.6 Å². The molecule has 2 aromatic rings. The van der Waals surface area contributed by atoms with Gasteiger partial charge in [-0.3, -0.25) is 9.69 Å². The van der Waals surface area contributed by atoms with Gasteiger partial charge in [0.2, 0.25) is 5.91 Å². The summed E-state index contributed by atoms with van der Waals surface area (Å²) in [7, 11) is 1.57. The van der Waals surface area contributed by atoms with Crippen LogP contribution in [0.15, 0.2) is 24.4 Å². The third-order valence-electron chi connectivity index (χ3n) is 4.89. The van der Waals surface area contributed by atoms with Crippen molar-refractivity contribution in [3.05, 3.63) is 24.4 Å². The quantitative estimate of drug-likeness (QED) is 0.746. The number of aromatic nitrogens is 2. The van der Waals surface area contributed by atoms with Crippen LogP contribution >= 0.6 is 0 Å². The molecule has 3 heterocycles. The Balaban J connectivity index is 1.62. The lowest BCUT2D eigenvalue weighted by molar-refractivity contribution is -0.118. The van der Waals surface area contributed by atoms with Crippen molar-refractivity contribution in [2.75, 3.05) is 37.1 Å². The van der Waals surface area contributed by atoms with Crippen LogP contribution in [-0.2, 0) is 20.8 Å². The third-order valence-corrected chi connectivity index (χ3v) is 4.89. The minimum absolute atomic E-state index is 0.314. The van der Waals surface area contributed by atoms with Gasteiger partial charge in [-0.2, -0.15) is 0 Å². The smallest absolute Gasteiger partial charge is 0.416 e. The number of primary amides is 1. The summed E-state index contributed by atoms with van der Waals surface area (Å²) in [5.41, 5.74) is 6.84. The zero-order valence-electron chi connectivity index (χ0n) is 16.3. The Labute approximate surface area is 167 Å². The van der Waals surface area contributed by atoms with E-state index in [-0.39, 0.29) is 6.10 Å². The summed E-state index contributed by atoms with van der Waals surface area (Å²) in [5, 5.41) is 3.05. The average Bonchev–Trinajstić information content (AvgIpc) is 3.21. The van der Waals surface area contributed by atoms with Crippen LogP contribution < -0.4 is 20.7 Å². The Hall–Kier alpha value is -3.27. The van der Waals surface area contributed by atoms with Crippen molar-refractivity contribution < 1.29 is 23.8 Å². The minimum atomic E-state index is -0.506. The molecule has 1 aromatic heterocycles. The van der Waals surface area contributed by atoms with E-state index < -0.39 is 18.0 Å². The molecule has 1 unspecified atom stereocenters. The second-order valence-corrected chi connectivity index (χ2v) is 7.02. The third kappa shape index (κ3) is 3.70. The van der Waals surface area contributed by atoms with Crippen LogP contribution in [0, 0.1) is 0 Å². The fourth-order valence-corrected chi connectivity index (χ4v) is 3.39. The molecule has 154 valence electrons. The van der Waals surface area contributed by atoms with Crippen LogP contribution in [0.1, 0.15) is 6.92 Å². The van der Waals surface area contributed by atoms with Gasteiger partial charge >= 0.3 is 6.09 Å².